The zero-order valence-electron chi connectivity index (χ0n) is 10.8. The Kier molecular flexibility index (Phi) is 4.44. The summed E-state index contributed by atoms with van der Waals surface area (Å²) in [6.45, 7) is 0. The van der Waals surface area contributed by atoms with E-state index in [4.69, 9.17) is 5.73 Å². The smallest absolute Gasteiger partial charge is 0.0521 e. The van der Waals surface area contributed by atoms with Gasteiger partial charge >= 0.3 is 0 Å². The first kappa shape index (κ1) is 13.2. The van der Waals surface area contributed by atoms with Crippen LogP contribution in [0.1, 0.15) is 23.6 Å². The highest BCUT2D eigenvalue weighted by Gasteiger charge is 2.10. The van der Waals surface area contributed by atoms with Crippen LogP contribution >= 0.6 is 11.8 Å². The van der Waals surface area contributed by atoms with E-state index in [0.29, 0.717) is 0 Å². The van der Waals surface area contributed by atoms with Crippen molar-refractivity contribution in [1.82, 2.24) is 9.78 Å². The van der Waals surface area contributed by atoms with Gasteiger partial charge in [-0.25, -0.2) is 0 Å². The summed E-state index contributed by atoms with van der Waals surface area (Å²) in [7, 11) is 1.94. The minimum atomic E-state index is 0.0915. The topological polar surface area (TPSA) is 43.8 Å². The van der Waals surface area contributed by atoms with E-state index in [1.807, 2.05) is 24.1 Å². The monoisotopic (exact) mass is 261 g/mol. The molecule has 0 radical (unpaired) electrons. The number of nitrogens with zero attached hydrogens (tertiary/aromatic N) is 2. The molecule has 4 heteroatoms. The zero-order chi connectivity index (χ0) is 13.0. The molecule has 0 fully saturated rings. The van der Waals surface area contributed by atoms with Gasteiger partial charge in [-0.1, -0.05) is 18.2 Å². The van der Waals surface area contributed by atoms with E-state index in [0.717, 1.165) is 12.8 Å². The fourth-order valence-corrected chi connectivity index (χ4v) is 2.72. The van der Waals surface area contributed by atoms with Crippen LogP contribution in [0.2, 0.25) is 0 Å². The fraction of sp³-hybridized carbons (Fsp3) is 0.357. The molecule has 1 aromatic carbocycles. The summed E-state index contributed by atoms with van der Waals surface area (Å²) in [6.07, 6.45) is 7.97. The number of benzene rings is 1. The number of aryl methyl sites for hydroxylation is 2. The van der Waals surface area contributed by atoms with Crippen molar-refractivity contribution in [1.29, 1.82) is 0 Å². The molecule has 0 spiro atoms. The second kappa shape index (κ2) is 6.07. The Morgan fingerprint density at radius 3 is 2.83 bits per heavy atom. The Morgan fingerprint density at radius 1 is 1.39 bits per heavy atom. The van der Waals surface area contributed by atoms with Gasteiger partial charge in [0.15, 0.2) is 0 Å². The molecular weight excluding hydrogens is 242 g/mol. The summed E-state index contributed by atoms with van der Waals surface area (Å²) < 4.78 is 1.83. The molecule has 0 saturated carbocycles. The SMILES string of the molecule is CSc1ccccc1C(N)CCc1cnn(C)c1. The van der Waals surface area contributed by atoms with Gasteiger partial charge in [0.2, 0.25) is 0 Å². The van der Waals surface area contributed by atoms with Crippen molar-refractivity contribution in [2.24, 2.45) is 12.8 Å². The highest BCUT2D eigenvalue weighted by Crippen LogP contribution is 2.26. The lowest BCUT2D eigenvalue weighted by atomic mass is 10.0. The molecule has 1 atom stereocenters. The van der Waals surface area contributed by atoms with Crippen LogP contribution in [0.25, 0.3) is 0 Å². The fourth-order valence-electron chi connectivity index (χ4n) is 2.05. The van der Waals surface area contributed by atoms with Gasteiger partial charge in [0.25, 0.3) is 0 Å². The highest BCUT2D eigenvalue weighted by molar-refractivity contribution is 7.98. The van der Waals surface area contributed by atoms with Crippen LogP contribution in [0, 0.1) is 0 Å². The molecule has 2 aromatic rings. The molecule has 0 aliphatic heterocycles. The summed E-state index contributed by atoms with van der Waals surface area (Å²) >= 11 is 1.75. The van der Waals surface area contributed by atoms with Gasteiger partial charge in [-0.3, -0.25) is 4.68 Å². The third-order valence-corrected chi connectivity index (χ3v) is 3.85. The summed E-state index contributed by atoms with van der Waals surface area (Å²) in [6, 6.07) is 8.46. The molecule has 3 nitrogen and oxygen atoms in total. The van der Waals surface area contributed by atoms with E-state index in [9.17, 15) is 0 Å². The van der Waals surface area contributed by atoms with Crippen molar-refractivity contribution in [2.45, 2.75) is 23.8 Å². The van der Waals surface area contributed by atoms with Gasteiger partial charge in [-0.15, -0.1) is 11.8 Å². The quantitative estimate of drug-likeness (QED) is 0.842. The Bertz CT molecular complexity index is 507. The average molecular weight is 261 g/mol. The van der Waals surface area contributed by atoms with E-state index in [-0.39, 0.29) is 6.04 Å². The second-order valence-corrected chi connectivity index (χ2v) is 5.26. The van der Waals surface area contributed by atoms with Crippen LogP contribution in [0.4, 0.5) is 0 Å². The van der Waals surface area contributed by atoms with E-state index in [1.54, 1.807) is 11.8 Å². The van der Waals surface area contributed by atoms with E-state index >= 15 is 0 Å². The minimum Gasteiger partial charge on any atom is -0.324 e. The standard InChI is InChI=1S/C14H19N3S/c1-17-10-11(9-16-17)7-8-13(15)12-5-3-4-6-14(12)18-2/h3-6,9-10,13H,7-8,15H2,1-2H3. The molecule has 2 rings (SSSR count). The lowest BCUT2D eigenvalue weighted by Crippen LogP contribution is -2.12. The first-order valence-corrected chi connectivity index (χ1v) is 7.29. The van der Waals surface area contributed by atoms with Crippen LogP contribution in [0.5, 0.6) is 0 Å². The van der Waals surface area contributed by atoms with Gasteiger partial charge in [-0.05, 0) is 36.3 Å². The number of hydrogen-bond donors (Lipinski definition) is 1. The lowest BCUT2D eigenvalue weighted by molar-refractivity contribution is 0.641. The summed E-state index contributed by atoms with van der Waals surface area (Å²) in [5, 5.41) is 4.17. The van der Waals surface area contributed by atoms with Crippen LogP contribution < -0.4 is 5.73 Å². The maximum Gasteiger partial charge on any atom is 0.0521 e. The summed E-state index contributed by atoms with van der Waals surface area (Å²) in [5.41, 5.74) is 8.77. The Hall–Kier alpha value is -1.26. The van der Waals surface area contributed by atoms with E-state index in [2.05, 4.69) is 35.6 Å². The van der Waals surface area contributed by atoms with Crippen molar-refractivity contribution in [3.8, 4) is 0 Å². The lowest BCUT2D eigenvalue weighted by Gasteiger charge is -2.14. The van der Waals surface area contributed by atoms with Crippen LogP contribution in [-0.4, -0.2) is 16.0 Å². The highest BCUT2D eigenvalue weighted by atomic mass is 32.2. The molecule has 18 heavy (non-hydrogen) atoms. The van der Waals surface area contributed by atoms with Crippen LogP contribution in [-0.2, 0) is 13.5 Å². The first-order valence-electron chi connectivity index (χ1n) is 6.06. The predicted octanol–water partition coefficient (Wildman–Crippen LogP) is 2.77. The van der Waals surface area contributed by atoms with Crippen LogP contribution in [0.15, 0.2) is 41.6 Å². The third kappa shape index (κ3) is 3.15. The predicted molar refractivity (Wildman–Crippen MR) is 76.7 cm³/mol. The normalized spacial score (nSPS) is 12.6. The Labute approximate surface area is 112 Å². The molecule has 0 bridgehead atoms. The number of aromatic nitrogens is 2. The van der Waals surface area contributed by atoms with Crippen molar-refractivity contribution < 1.29 is 0 Å². The average Bonchev–Trinajstić information content (AvgIpc) is 2.81. The van der Waals surface area contributed by atoms with Crippen molar-refractivity contribution in [3.05, 3.63) is 47.8 Å². The number of nitrogens with two attached hydrogens (primary N) is 1. The van der Waals surface area contributed by atoms with Gasteiger partial charge in [0.1, 0.15) is 0 Å². The molecule has 0 saturated heterocycles. The van der Waals surface area contributed by atoms with E-state index < -0.39 is 0 Å². The summed E-state index contributed by atoms with van der Waals surface area (Å²) in [4.78, 5) is 1.27. The molecular formula is C14H19N3S. The Morgan fingerprint density at radius 2 is 2.17 bits per heavy atom. The number of thioether (sulfide) groups is 1. The molecule has 2 N–H and O–H groups in total. The van der Waals surface area contributed by atoms with Crippen molar-refractivity contribution in [3.63, 3.8) is 0 Å². The molecule has 0 amide bonds. The van der Waals surface area contributed by atoms with Crippen LogP contribution in [0.3, 0.4) is 0 Å². The summed E-state index contributed by atoms with van der Waals surface area (Å²) in [5.74, 6) is 0. The second-order valence-electron chi connectivity index (χ2n) is 4.41. The largest absolute Gasteiger partial charge is 0.324 e. The Balaban J connectivity index is 2.01. The van der Waals surface area contributed by atoms with Crippen molar-refractivity contribution in [2.75, 3.05) is 6.26 Å². The number of hydrogen-bond acceptors (Lipinski definition) is 3. The maximum atomic E-state index is 6.29. The first-order chi connectivity index (χ1) is 8.70. The third-order valence-electron chi connectivity index (χ3n) is 3.04. The minimum absolute atomic E-state index is 0.0915. The molecule has 1 unspecified atom stereocenters. The molecule has 0 aliphatic rings. The van der Waals surface area contributed by atoms with E-state index in [1.165, 1.54) is 16.0 Å². The molecule has 96 valence electrons. The van der Waals surface area contributed by atoms with Gasteiger partial charge in [0, 0.05) is 24.2 Å². The molecule has 1 heterocycles. The zero-order valence-corrected chi connectivity index (χ0v) is 11.7. The number of rotatable bonds is 5. The van der Waals surface area contributed by atoms with Crippen molar-refractivity contribution >= 4 is 11.8 Å². The molecule has 0 aliphatic carbocycles. The maximum absolute atomic E-state index is 6.29. The molecule has 1 aromatic heterocycles. The van der Waals surface area contributed by atoms with Gasteiger partial charge in [-0.2, -0.15) is 5.10 Å². The van der Waals surface area contributed by atoms with Gasteiger partial charge in [0.05, 0.1) is 6.20 Å². The van der Waals surface area contributed by atoms with Gasteiger partial charge < -0.3 is 5.73 Å².